The fraction of sp³-hybridized carbons (Fsp3) is 0.429. The normalized spacial score (nSPS) is 22.8. The predicted molar refractivity (Wildman–Crippen MR) is 236 cm³/mol. The number of hydrogen-bond acceptors (Lipinski definition) is 7. The van der Waals surface area contributed by atoms with E-state index >= 15 is 0 Å². The largest absolute Gasteiger partial charge is 0.494 e. The van der Waals surface area contributed by atoms with Crippen molar-refractivity contribution >= 4 is 46.0 Å². The van der Waals surface area contributed by atoms with Crippen molar-refractivity contribution in [1.82, 2.24) is 15.3 Å². The summed E-state index contributed by atoms with van der Waals surface area (Å²) in [6, 6.07) is 21.5. The van der Waals surface area contributed by atoms with E-state index in [1.165, 1.54) is 16.7 Å². The molecule has 11 nitrogen and oxygen atoms in total. The maximum atomic E-state index is 13.1. The number of aryl methyl sites for hydroxylation is 1. The number of pyridine rings is 1. The van der Waals surface area contributed by atoms with Gasteiger partial charge in [0.1, 0.15) is 17.0 Å². The van der Waals surface area contributed by atoms with E-state index in [0.717, 1.165) is 54.5 Å². The lowest BCUT2D eigenvalue weighted by molar-refractivity contribution is -0.144. The number of amides is 1. The number of anilines is 1. The van der Waals surface area contributed by atoms with E-state index in [9.17, 15) is 24.6 Å². The van der Waals surface area contributed by atoms with Crippen molar-refractivity contribution in [3.05, 3.63) is 118 Å². The predicted octanol–water partition coefficient (Wildman–Crippen LogP) is 9.78. The van der Waals surface area contributed by atoms with Crippen LogP contribution in [0.15, 0.2) is 85.2 Å². The molecule has 5 N–H and O–H groups in total. The maximum absolute atomic E-state index is 13.1. The fourth-order valence-corrected chi connectivity index (χ4v) is 10.6. The van der Waals surface area contributed by atoms with Crippen LogP contribution in [0.2, 0.25) is 5.02 Å². The van der Waals surface area contributed by atoms with E-state index in [1.54, 1.807) is 30.5 Å². The number of carboxylic acid groups (broad SMARTS) is 2. The number of ether oxygens (including phenoxy) is 2. The van der Waals surface area contributed by atoms with E-state index in [-0.39, 0.29) is 36.2 Å². The molecule has 61 heavy (non-hydrogen) atoms. The molecule has 2 unspecified atom stereocenters. The molecule has 0 saturated heterocycles. The lowest BCUT2D eigenvalue weighted by Crippen LogP contribution is -2.53. The third-order valence-corrected chi connectivity index (χ3v) is 13.8. The molecule has 4 atom stereocenters. The Morgan fingerprint density at radius 3 is 2.62 bits per heavy atom. The summed E-state index contributed by atoms with van der Waals surface area (Å²) in [6.07, 6.45) is 11.5. The number of benzene rings is 3. The van der Waals surface area contributed by atoms with E-state index in [4.69, 9.17) is 21.1 Å². The van der Waals surface area contributed by atoms with Gasteiger partial charge in [0.05, 0.1) is 13.2 Å². The van der Waals surface area contributed by atoms with Gasteiger partial charge in [-0.15, -0.1) is 0 Å². The van der Waals surface area contributed by atoms with Gasteiger partial charge in [-0.1, -0.05) is 43.6 Å². The molecule has 12 heteroatoms. The van der Waals surface area contributed by atoms with Crippen molar-refractivity contribution < 1.29 is 34.1 Å². The van der Waals surface area contributed by atoms with Gasteiger partial charge in [0, 0.05) is 46.3 Å². The quantitative estimate of drug-likeness (QED) is 0.0609. The van der Waals surface area contributed by atoms with Gasteiger partial charge in [0.25, 0.3) is 0 Å². The SMILES string of the molecule is C[C@@H](COc1ccnc2c1[C@H](C)CCC2)CC1Cc2ccc(OCCCC(=O)NC(C(=O)O)c3ccc4[nH]ccc4c3)cc2C12CCC(Nc1cccc(Cl)c1)(C(=O)O)CC2. The average molecular weight is 847 g/mol. The van der Waals surface area contributed by atoms with Crippen molar-refractivity contribution in [3.63, 3.8) is 0 Å². The molecule has 1 fully saturated rings. The molecule has 2 aromatic heterocycles. The van der Waals surface area contributed by atoms with Gasteiger partial charge in [-0.3, -0.25) is 9.78 Å². The molecule has 1 saturated carbocycles. The average Bonchev–Trinajstić information content (AvgIpc) is 3.83. The zero-order chi connectivity index (χ0) is 42.7. The zero-order valence-corrected chi connectivity index (χ0v) is 35.6. The summed E-state index contributed by atoms with van der Waals surface area (Å²) in [4.78, 5) is 46.0. The molecule has 5 aromatic rings. The number of carbonyl (C=O) groups is 3. The molecule has 1 amide bonds. The topological polar surface area (TPSA) is 163 Å². The summed E-state index contributed by atoms with van der Waals surface area (Å²) in [5, 5.41) is 28.1. The molecule has 0 bridgehead atoms. The molecule has 0 radical (unpaired) electrons. The van der Waals surface area contributed by atoms with Crippen LogP contribution in [0.1, 0.15) is 112 Å². The van der Waals surface area contributed by atoms with E-state index in [1.807, 2.05) is 42.6 Å². The maximum Gasteiger partial charge on any atom is 0.330 e. The van der Waals surface area contributed by atoms with Crippen LogP contribution in [0.25, 0.3) is 10.9 Å². The van der Waals surface area contributed by atoms with Crippen molar-refractivity contribution in [2.24, 2.45) is 11.8 Å². The molecule has 3 aliphatic rings. The van der Waals surface area contributed by atoms with Crippen molar-refractivity contribution in [2.75, 3.05) is 18.5 Å². The zero-order valence-electron chi connectivity index (χ0n) is 34.8. The van der Waals surface area contributed by atoms with Gasteiger partial charge in [0.2, 0.25) is 5.91 Å². The Bertz CT molecular complexity index is 2410. The number of carboxylic acids is 2. The smallest absolute Gasteiger partial charge is 0.330 e. The van der Waals surface area contributed by atoms with Crippen LogP contribution < -0.4 is 20.1 Å². The second-order valence-corrected chi connectivity index (χ2v) is 18.1. The summed E-state index contributed by atoms with van der Waals surface area (Å²) < 4.78 is 12.9. The number of aliphatic carboxylic acids is 2. The van der Waals surface area contributed by atoms with Gasteiger partial charge in [-0.2, -0.15) is 0 Å². The number of aromatic nitrogens is 2. The van der Waals surface area contributed by atoms with Crippen LogP contribution in [-0.2, 0) is 32.6 Å². The molecule has 3 aromatic carbocycles. The lowest BCUT2D eigenvalue weighted by atomic mass is 9.59. The Balaban J connectivity index is 0.957. The first kappa shape index (κ1) is 42.2. The van der Waals surface area contributed by atoms with Crippen molar-refractivity contribution in [2.45, 2.75) is 107 Å². The monoisotopic (exact) mass is 846 g/mol. The Kier molecular flexibility index (Phi) is 12.3. The second kappa shape index (κ2) is 17.8. The molecular formula is C49H55ClN4O7. The van der Waals surface area contributed by atoms with Gasteiger partial charge in [-0.25, -0.2) is 9.59 Å². The number of H-pyrrole nitrogens is 1. The number of nitrogens with one attached hydrogen (secondary N) is 3. The van der Waals surface area contributed by atoms with Crippen molar-refractivity contribution in [3.8, 4) is 11.5 Å². The Morgan fingerprint density at radius 1 is 1.00 bits per heavy atom. The minimum absolute atomic E-state index is 0.102. The Labute approximate surface area is 361 Å². The number of rotatable bonds is 16. The van der Waals surface area contributed by atoms with Crippen LogP contribution in [0, 0.1) is 11.8 Å². The van der Waals surface area contributed by atoms with Gasteiger partial charge in [0.15, 0.2) is 6.04 Å². The summed E-state index contributed by atoms with van der Waals surface area (Å²) in [5.41, 5.74) is 5.54. The summed E-state index contributed by atoms with van der Waals surface area (Å²) >= 11 is 6.30. The third kappa shape index (κ3) is 8.94. The standard InChI is InChI=1S/C49H55ClN4O7/c1-30(29-61-42-16-22-52-41-9-3-6-31(2)44(41)42)24-35-26-32-11-13-38(60-23-5-10-43(55)53-45(46(56)57)34-12-14-40-33(25-34)15-21-51-40)28-39(32)48(35)17-19-49(20-18-48,47(58)59)54-37-8-4-7-36(50)27-37/h4,7-8,11-16,21-22,25,27-28,30-31,35,45,51,54H,3,5-6,9-10,17-20,23-24,26,29H2,1-2H3,(H,53,55)(H,56,57)(H,58,59)/t30-,31-,35?,45?,48?,49?/m1/s1. The minimum atomic E-state index is -1.16. The number of carbonyl (C=O) groups excluding carboxylic acids is 1. The lowest BCUT2D eigenvalue weighted by Gasteiger charge is -2.47. The third-order valence-electron chi connectivity index (χ3n) is 13.5. The summed E-state index contributed by atoms with van der Waals surface area (Å²) in [7, 11) is 0. The minimum Gasteiger partial charge on any atom is -0.494 e. The van der Waals surface area contributed by atoms with Crippen LogP contribution >= 0.6 is 11.6 Å². The summed E-state index contributed by atoms with van der Waals surface area (Å²) in [5.74, 6) is 0.206. The first-order valence-corrected chi connectivity index (χ1v) is 22.0. The molecule has 320 valence electrons. The second-order valence-electron chi connectivity index (χ2n) is 17.6. The van der Waals surface area contributed by atoms with E-state index < -0.39 is 23.5 Å². The highest BCUT2D eigenvalue weighted by Gasteiger charge is 2.54. The highest BCUT2D eigenvalue weighted by molar-refractivity contribution is 6.30. The fourth-order valence-electron chi connectivity index (χ4n) is 10.4. The van der Waals surface area contributed by atoms with E-state index in [0.29, 0.717) is 66.7 Å². The molecule has 3 aliphatic carbocycles. The van der Waals surface area contributed by atoms with Gasteiger partial charge in [-0.05, 0) is 164 Å². The number of halogens is 1. The molecule has 0 aliphatic heterocycles. The molecule has 1 spiro atoms. The van der Waals surface area contributed by atoms with Crippen LogP contribution in [0.3, 0.4) is 0 Å². The van der Waals surface area contributed by atoms with Crippen LogP contribution in [-0.4, -0.2) is 56.8 Å². The molecule has 2 heterocycles. The number of nitrogens with zero attached hydrogens (tertiary/aromatic N) is 1. The molecule has 8 rings (SSSR count). The highest BCUT2D eigenvalue weighted by Crippen LogP contribution is 2.57. The number of hydrogen-bond donors (Lipinski definition) is 5. The first-order chi connectivity index (χ1) is 29.4. The Hall–Kier alpha value is -5.55. The van der Waals surface area contributed by atoms with E-state index in [2.05, 4.69) is 46.6 Å². The highest BCUT2D eigenvalue weighted by atomic mass is 35.5. The number of fused-ring (bicyclic) bond motifs is 4. The van der Waals surface area contributed by atoms with Gasteiger partial charge >= 0.3 is 11.9 Å². The first-order valence-electron chi connectivity index (χ1n) is 21.7. The van der Waals surface area contributed by atoms with Gasteiger partial charge < -0.3 is 35.3 Å². The summed E-state index contributed by atoms with van der Waals surface area (Å²) in [6.45, 7) is 5.37. The van der Waals surface area contributed by atoms with Crippen LogP contribution in [0.5, 0.6) is 11.5 Å². The molecular weight excluding hydrogens is 792 g/mol. The van der Waals surface area contributed by atoms with Crippen molar-refractivity contribution in [1.29, 1.82) is 0 Å². The van der Waals surface area contributed by atoms with Crippen LogP contribution in [0.4, 0.5) is 5.69 Å². The number of aromatic amines is 1. The Morgan fingerprint density at radius 2 is 1.84 bits per heavy atom.